The molecule has 2 aromatic rings. The third-order valence-electron chi connectivity index (χ3n) is 6.72. The molecule has 0 bridgehead atoms. The number of carboxylic acid groups (broad SMARTS) is 1. The van der Waals surface area contributed by atoms with Crippen LogP contribution in [-0.2, 0) is 11.3 Å². The lowest BCUT2D eigenvalue weighted by molar-refractivity contribution is -0.139. The molecule has 2 aliphatic rings. The zero-order valence-electron chi connectivity index (χ0n) is 18.1. The van der Waals surface area contributed by atoms with Crippen molar-refractivity contribution < 1.29 is 19.4 Å². The molecule has 2 aliphatic carbocycles. The van der Waals surface area contributed by atoms with Crippen LogP contribution in [0.4, 0.5) is 10.1 Å². The van der Waals surface area contributed by atoms with Gasteiger partial charge in [-0.25, -0.2) is 9.18 Å². The first kappa shape index (κ1) is 22.5. The molecule has 2 fully saturated rings. The number of fused-ring (bicyclic) bond motifs is 1. The van der Waals surface area contributed by atoms with Gasteiger partial charge in [0.2, 0.25) is 0 Å². The van der Waals surface area contributed by atoms with E-state index in [-0.39, 0.29) is 17.5 Å². The maximum atomic E-state index is 15.0. The Morgan fingerprint density at radius 1 is 1.09 bits per heavy atom. The molecule has 0 unspecified atom stereocenters. The maximum absolute atomic E-state index is 15.0. The monoisotopic (exact) mass is 447 g/mol. The number of carboxylic acids is 1. The number of halogens is 1. The maximum Gasteiger partial charge on any atom is 0.331 e. The number of nitrogens with zero attached hydrogens (tertiary/aromatic N) is 2. The second kappa shape index (κ2) is 9.44. The van der Waals surface area contributed by atoms with Crippen molar-refractivity contribution in [1.29, 1.82) is 0 Å². The van der Waals surface area contributed by atoms with Crippen LogP contribution in [0.1, 0.15) is 70.3 Å². The van der Waals surface area contributed by atoms with E-state index >= 15 is 4.39 Å². The quantitative estimate of drug-likeness (QED) is 0.601. The van der Waals surface area contributed by atoms with Crippen LogP contribution in [0, 0.1) is 5.82 Å². The predicted octanol–water partition coefficient (Wildman–Crippen LogP) is 3.00. The van der Waals surface area contributed by atoms with Gasteiger partial charge in [-0.15, -0.1) is 0 Å². The second-order valence-electron chi connectivity index (χ2n) is 9.09. The van der Waals surface area contributed by atoms with Crippen LogP contribution in [0.15, 0.2) is 21.7 Å². The van der Waals surface area contributed by atoms with Gasteiger partial charge in [0.15, 0.2) is 0 Å². The van der Waals surface area contributed by atoms with Gasteiger partial charge < -0.3 is 15.5 Å². The number of nitrogens with one attached hydrogen (secondary N) is 1. The summed E-state index contributed by atoms with van der Waals surface area (Å²) < 4.78 is 17.4. The van der Waals surface area contributed by atoms with Crippen molar-refractivity contribution in [3.05, 3.63) is 38.8 Å². The Kier molecular flexibility index (Phi) is 6.64. The van der Waals surface area contributed by atoms with Gasteiger partial charge in [-0.3, -0.25) is 18.7 Å². The fourth-order valence-corrected chi connectivity index (χ4v) is 5.13. The van der Waals surface area contributed by atoms with E-state index in [1.165, 1.54) is 6.42 Å². The summed E-state index contributed by atoms with van der Waals surface area (Å²) in [5.74, 6) is -1.79. The van der Waals surface area contributed by atoms with Crippen LogP contribution in [0.2, 0.25) is 0 Å². The minimum Gasteiger partial charge on any atom is -0.481 e. The van der Waals surface area contributed by atoms with E-state index < -0.39 is 42.1 Å². The molecule has 4 rings (SSSR count). The summed E-state index contributed by atoms with van der Waals surface area (Å²) >= 11 is 0. The molecule has 1 aromatic heterocycles. The Morgan fingerprint density at radius 3 is 2.41 bits per heavy atom. The summed E-state index contributed by atoms with van der Waals surface area (Å²) in [6.45, 7) is -0.448. The normalized spacial score (nSPS) is 18.8. The van der Waals surface area contributed by atoms with Gasteiger partial charge in [-0.2, -0.15) is 0 Å². The molecule has 1 heterocycles. The van der Waals surface area contributed by atoms with Crippen LogP contribution < -0.4 is 16.6 Å². The van der Waals surface area contributed by atoms with Crippen LogP contribution >= 0.6 is 0 Å². The van der Waals surface area contributed by atoms with Gasteiger partial charge >= 0.3 is 11.7 Å². The van der Waals surface area contributed by atoms with Crippen molar-refractivity contribution in [1.82, 2.24) is 9.13 Å². The number of hydrogen-bond donors (Lipinski definition) is 3. The molecule has 0 spiro atoms. The van der Waals surface area contributed by atoms with Crippen molar-refractivity contribution in [3.8, 4) is 0 Å². The Labute approximate surface area is 184 Å². The Bertz CT molecular complexity index is 1110. The van der Waals surface area contributed by atoms with Crippen molar-refractivity contribution in [2.75, 3.05) is 5.32 Å². The molecule has 8 nitrogen and oxygen atoms in total. The molecule has 9 heteroatoms. The third kappa shape index (κ3) is 4.57. The molecule has 0 aliphatic heterocycles. The molecular formula is C23H30FN3O5. The number of aliphatic carboxylic acids is 1. The number of aromatic nitrogens is 2. The first-order valence-corrected chi connectivity index (χ1v) is 11.5. The van der Waals surface area contributed by atoms with E-state index in [0.717, 1.165) is 62.0 Å². The fraction of sp³-hybridized carbons (Fsp3) is 0.609. The van der Waals surface area contributed by atoms with Gasteiger partial charge in [0.05, 0.1) is 35.7 Å². The van der Waals surface area contributed by atoms with Crippen molar-refractivity contribution in [2.45, 2.75) is 88.9 Å². The highest BCUT2D eigenvalue weighted by Crippen LogP contribution is 2.32. The highest BCUT2D eigenvalue weighted by molar-refractivity contribution is 5.82. The summed E-state index contributed by atoms with van der Waals surface area (Å²) in [7, 11) is 0. The molecule has 1 aromatic carbocycles. The lowest BCUT2D eigenvalue weighted by Gasteiger charge is -2.25. The Morgan fingerprint density at radius 2 is 1.75 bits per heavy atom. The predicted molar refractivity (Wildman–Crippen MR) is 119 cm³/mol. The SMILES string of the molecule is O=C(O)C[C@H](O)Cn1c(=O)c2cc(F)c(NC3CCCCC3)cc2n(C2CCCC2)c1=O. The fourth-order valence-electron chi connectivity index (χ4n) is 5.13. The second-order valence-corrected chi connectivity index (χ2v) is 9.09. The standard InChI is InChI=1S/C23H30FN3O5/c24-18-11-17-20(12-19(18)25-14-6-2-1-3-7-14)27(15-8-4-5-9-15)23(32)26(22(17)31)13-16(28)10-21(29)30/h11-12,14-16,25,28H,1-10,13H2,(H,29,30)/t16-/m0/s1. The number of aliphatic hydroxyl groups excluding tert-OH is 1. The summed E-state index contributed by atoms with van der Waals surface area (Å²) in [6.07, 6.45) is 6.71. The zero-order valence-corrected chi connectivity index (χ0v) is 18.1. The van der Waals surface area contributed by atoms with Crippen LogP contribution in [-0.4, -0.2) is 37.5 Å². The van der Waals surface area contributed by atoms with Crippen molar-refractivity contribution >= 4 is 22.6 Å². The average molecular weight is 448 g/mol. The smallest absolute Gasteiger partial charge is 0.331 e. The summed E-state index contributed by atoms with van der Waals surface area (Å²) in [4.78, 5) is 37.4. The van der Waals surface area contributed by atoms with Crippen molar-refractivity contribution in [2.24, 2.45) is 0 Å². The van der Waals surface area contributed by atoms with E-state index in [1.807, 2.05) is 0 Å². The largest absolute Gasteiger partial charge is 0.481 e. The van der Waals surface area contributed by atoms with Crippen LogP contribution in [0.25, 0.3) is 10.9 Å². The molecule has 0 radical (unpaired) electrons. The number of aliphatic hydroxyl groups is 1. The highest BCUT2D eigenvalue weighted by atomic mass is 19.1. The average Bonchev–Trinajstić information content (AvgIpc) is 3.27. The summed E-state index contributed by atoms with van der Waals surface area (Å²) in [5, 5.41) is 22.3. The summed E-state index contributed by atoms with van der Waals surface area (Å²) in [6, 6.07) is 2.77. The molecule has 1 atom stereocenters. The van der Waals surface area contributed by atoms with Gasteiger partial charge in [0, 0.05) is 12.1 Å². The van der Waals surface area contributed by atoms with E-state index in [4.69, 9.17) is 5.11 Å². The number of anilines is 1. The van der Waals surface area contributed by atoms with Crippen LogP contribution in [0.5, 0.6) is 0 Å². The highest BCUT2D eigenvalue weighted by Gasteiger charge is 2.26. The lowest BCUT2D eigenvalue weighted by atomic mass is 9.95. The minimum absolute atomic E-state index is 0.0609. The first-order chi connectivity index (χ1) is 15.3. The lowest BCUT2D eigenvalue weighted by Crippen LogP contribution is -2.43. The van der Waals surface area contributed by atoms with E-state index in [1.54, 1.807) is 10.6 Å². The Balaban J connectivity index is 1.83. The summed E-state index contributed by atoms with van der Waals surface area (Å²) in [5.41, 5.74) is -0.630. The van der Waals surface area contributed by atoms with E-state index in [0.29, 0.717) is 11.2 Å². The minimum atomic E-state index is -1.40. The van der Waals surface area contributed by atoms with E-state index in [2.05, 4.69) is 5.32 Å². The van der Waals surface area contributed by atoms with Crippen LogP contribution in [0.3, 0.4) is 0 Å². The number of rotatable bonds is 7. The first-order valence-electron chi connectivity index (χ1n) is 11.5. The number of carbonyl (C=O) groups is 1. The van der Waals surface area contributed by atoms with Gasteiger partial charge in [-0.1, -0.05) is 32.1 Å². The van der Waals surface area contributed by atoms with Crippen molar-refractivity contribution in [3.63, 3.8) is 0 Å². The number of benzene rings is 1. The molecule has 3 N–H and O–H groups in total. The van der Waals surface area contributed by atoms with Gasteiger partial charge in [0.1, 0.15) is 5.82 Å². The Hall–Kier alpha value is -2.68. The molecule has 2 saturated carbocycles. The number of hydrogen-bond acceptors (Lipinski definition) is 5. The topological polar surface area (TPSA) is 114 Å². The zero-order chi connectivity index (χ0) is 22.8. The molecule has 0 saturated heterocycles. The molecule has 0 amide bonds. The molecule has 174 valence electrons. The third-order valence-corrected chi connectivity index (χ3v) is 6.72. The van der Waals surface area contributed by atoms with E-state index in [9.17, 15) is 19.5 Å². The molecule has 32 heavy (non-hydrogen) atoms. The molecular weight excluding hydrogens is 417 g/mol. The van der Waals surface area contributed by atoms with Gasteiger partial charge in [-0.05, 0) is 37.8 Å². The van der Waals surface area contributed by atoms with Gasteiger partial charge in [0.25, 0.3) is 5.56 Å².